The van der Waals surface area contributed by atoms with Crippen LogP contribution in [0.4, 0.5) is 5.69 Å². The highest BCUT2D eigenvalue weighted by molar-refractivity contribution is 7.97. The third kappa shape index (κ3) is 1.91. The van der Waals surface area contributed by atoms with Crippen molar-refractivity contribution in [1.29, 1.82) is 0 Å². The van der Waals surface area contributed by atoms with Gasteiger partial charge in [-0.3, -0.25) is 9.93 Å². The van der Waals surface area contributed by atoms with Crippen LogP contribution < -0.4 is 10.5 Å². The molecule has 1 aliphatic heterocycles. The van der Waals surface area contributed by atoms with Crippen molar-refractivity contribution in [3.05, 3.63) is 23.8 Å². The number of nitrogens with one attached hydrogen (secondary N) is 1. The van der Waals surface area contributed by atoms with E-state index < -0.39 is 0 Å². The first-order chi connectivity index (χ1) is 6.79. The monoisotopic (exact) mass is 208 g/mol. The zero-order valence-electron chi connectivity index (χ0n) is 7.75. The number of carbonyl (C=O) groups excluding carboxylic acids is 1. The maximum absolute atomic E-state index is 11.3. The number of aryl methyl sites for hydroxylation is 1. The maximum atomic E-state index is 11.3. The number of amides is 1. The van der Waals surface area contributed by atoms with Crippen molar-refractivity contribution in [1.82, 2.24) is 0 Å². The minimum Gasteiger partial charge on any atom is -0.326 e. The van der Waals surface area contributed by atoms with Crippen LogP contribution in [-0.4, -0.2) is 5.91 Å². The van der Waals surface area contributed by atoms with Gasteiger partial charge < -0.3 is 5.32 Å². The molecule has 1 amide bonds. The van der Waals surface area contributed by atoms with Crippen molar-refractivity contribution in [2.75, 3.05) is 5.32 Å². The highest BCUT2D eigenvalue weighted by atomic mass is 32.2. The predicted molar refractivity (Wildman–Crippen MR) is 58.1 cm³/mol. The SMILES string of the molecule is NSc1ccc2c(c1)CCCC(=O)N2. The molecule has 0 atom stereocenters. The van der Waals surface area contributed by atoms with E-state index in [-0.39, 0.29) is 5.91 Å². The highest BCUT2D eigenvalue weighted by Crippen LogP contribution is 2.25. The first-order valence-electron chi connectivity index (χ1n) is 4.59. The minimum atomic E-state index is 0.108. The summed E-state index contributed by atoms with van der Waals surface area (Å²) in [5.41, 5.74) is 2.12. The number of fused-ring (bicyclic) bond motifs is 1. The van der Waals surface area contributed by atoms with Crippen molar-refractivity contribution in [2.24, 2.45) is 5.14 Å². The van der Waals surface area contributed by atoms with Gasteiger partial charge in [0.05, 0.1) is 0 Å². The summed E-state index contributed by atoms with van der Waals surface area (Å²) in [5.74, 6) is 0.108. The molecule has 0 spiro atoms. The van der Waals surface area contributed by atoms with E-state index in [4.69, 9.17) is 5.14 Å². The van der Waals surface area contributed by atoms with Crippen LogP contribution >= 0.6 is 11.9 Å². The van der Waals surface area contributed by atoms with Gasteiger partial charge in [-0.25, -0.2) is 0 Å². The zero-order chi connectivity index (χ0) is 9.97. The summed E-state index contributed by atoms with van der Waals surface area (Å²) in [6.07, 6.45) is 2.47. The smallest absolute Gasteiger partial charge is 0.224 e. The molecule has 14 heavy (non-hydrogen) atoms. The van der Waals surface area contributed by atoms with E-state index in [9.17, 15) is 4.79 Å². The van der Waals surface area contributed by atoms with E-state index in [1.165, 1.54) is 17.5 Å². The van der Waals surface area contributed by atoms with Crippen molar-refractivity contribution < 1.29 is 4.79 Å². The molecule has 0 aliphatic carbocycles. The molecule has 74 valence electrons. The van der Waals surface area contributed by atoms with Crippen LogP contribution in [0, 0.1) is 0 Å². The average Bonchev–Trinajstić information content (AvgIpc) is 2.37. The Morgan fingerprint density at radius 2 is 2.21 bits per heavy atom. The van der Waals surface area contributed by atoms with Gasteiger partial charge in [0, 0.05) is 17.0 Å². The number of rotatable bonds is 1. The molecule has 0 saturated carbocycles. The lowest BCUT2D eigenvalue weighted by Crippen LogP contribution is -2.09. The summed E-state index contributed by atoms with van der Waals surface area (Å²) in [6, 6.07) is 5.90. The molecule has 1 heterocycles. The van der Waals surface area contributed by atoms with Gasteiger partial charge in [-0.05, 0) is 48.6 Å². The van der Waals surface area contributed by atoms with Crippen LogP contribution in [0.3, 0.4) is 0 Å². The summed E-state index contributed by atoms with van der Waals surface area (Å²) >= 11 is 1.24. The molecule has 1 aromatic rings. The second kappa shape index (κ2) is 4.02. The third-order valence-corrected chi connectivity index (χ3v) is 2.86. The van der Waals surface area contributed by atoms with E-state index in [1.54, 1.807) is 0 Å². The standard InChI is InChI=1S/C10H12N2OS/c11-14-8-4-5-9-7(6-8)2-1-3-10(13)12-9/h4-6H,1-3,11H2,(H,12,13). The van der Waals surface area contributed by atoms with E-state index in [1.807, 2.05) is 18.2 Å². The molecular weight excluding hydrogens is 196 g/mol. The molecule has 2 rings (SSSR count). The van der Waals surface area contributed by atoms with Gasteiger partial charge in [0.1, 0.15) is 0 Å². The van der Waals surface area contributed by atoms with Crippen LogP contribution in [0.25, 0.3) is 0 Å². The molecule has 1 aliphatic rings. The Kier molecular flexibility index (Phi) is 2.74. The third-order valence-electron chi connectivity index (χ3n) is 2.34. The number of benzene rings is 1. The summed E-state index contributed by atoms with van der Waals surface area (Å²) in [5, 5.41) is 8.36. The number of hydrogen-bond acceptors (Lipinski definition) is 3. The summed E-state index contributed by atoms with van der Waals surface area (Å²) in [4.78, 5) is 12.3. The maximum Gasteiger partial charge on any atom is 0.224 e. The Hall–Kier alpha value is -1.00. The molecule has 3 nitrogen and oxygen atoms in total. The van der Waals surface area contributed by atoms with Gasteiger partial charge in [-0.15, -0.1) is 0 Å². The van der Waals surface area contributed by atoms with E-state index in [0.29, 0.717) is 6.42 Å². The normalized spacial score (nSPS) is 15.6. The van der Waals surface area contributed by atoms with Crippen LogP contribution in [0.2, 0.25) is 0 Å². The predicted octanol–water partition coefficient (Wildman–Crippen LogP) is 1.93. The quantitative estimate of drug-likeness (QED) is 0.693. The molecule has 4 heteroatoms. The van der Waals surface area contributed by atoms with Crippen molar-refractivity contribution in [3.63, 3.8) is 0 Å². The summed E-state index contributed by atoms with van der Waals surface area (Å²) in [7, 11) is 0. The molecular formula is C10H12N2OS. The second-order valence-electron chi connectivity index (χ2n) is 3.34. The first kappa shape index (κ1) is 9.55. The Morgan fingerprint density at radius 3 is 3.00 bits per heavy atom. The van der Waals surface area contributed by atoms with Gasteiger partial charge in [0.2, 0.25) is 5.91 Å². The lowest BCUT2D eigenvalue weighted by Gasteiger charge is -2.07. The van der Waals surface area contributed by atoms with E-state index >= 15 is 0 Å². The van der Waals surface area contributed by atoms with Gasteiger partial charge in [0.15, 0.2) is 0 Å². The second-order valence-corrected chi connectivity index (χ2v) is 4.05. The lowest BCUT2D eigenvalue weighted by molar-refractivity contribution is -0.116. The number of carbonyl (C=O) groups is 1. The van der Waals surface area contributed by atoms with E-state index in [2.05, 4.69) is 5.32 Å². The number of hydrogen-bond donors (Lipinski definition) is 2. The molecule has 0 unspecified atom stereocenters. The van der Waals surface area contributed by atoms with Gasteiger partial charge in [-0.1, -0.05) is 0 Å². The van der Waals surface area contributed by atoms with Crippen molar-refractivity contribution >= 4 is 23.5 Å². The molecule has 0 fully saturated rings. The van der Waals surface area contributed by atoms with E-state index in [0.717, 1.165) is 23.4 Å². The molecule has 1 aromatic carbocycles. The summed E-state index contributed by atoms with van der Waals surface area (Å²) < 4.78 is 0. The Balaban J connectivity index is 2.35. The molecule has 3 N–H and O–H groups in total. The van der Waals surface area contributed by atoms with Crippen molar-refractivity contribution in [3.8, 4) is 0 Å². The minimum absolute atomic E-state index is 0.108. The lowest BCUT2D eigenvalue weighted by atomic mass is 10.1. The largest absolute Gasteiger partial charge is 0.326 e. The fraction of sp³-hybridized carbons (Fsp3) is 0.300. The van der Waals surface area contributed by atoms with Crippen LogP contribution in [0.5, 0.6) is 0 Å². The van der Waals surface area contributed by atoms with Crippen LogP contribution in [0.15, 0.2) is 23.1 Å². The fourth-order valence-electron chi connectivity index (χ4n) is 1.62. The Morgan fingerprint density at radius 1 is 1.36 bits per heavy atom. The Labute approximate surface area is 87.2 Å². The molecule has 0 radical (unpaired) electrons. The average molecular weight is 208 g/mol. The molecule has 0 saturated heterocycles. The highest BCUT2D eigenvalue weighted by Gasteiger charge is 2.12. The topological polar surface area (TPSA) is 55.1 Å². The first-order valence-corrected chi connectivity index (χ1v) is 5.47. The fourth-order valence-corrected chi connectivity index (χ4v) is 1.98. The number of anilines is 1. The van der Waals surface area contributed by atoms with Crippen LogP contribution in [0.1, 0.15) is 18.4 Å². The Bertz CT molecular complexity index is 365. The van der Waals surface area contributed by atoms with Gasteiger partial charge in [-0.2, -0.15) is 0 Å². The molecule has 0 aromatic heterocycles. The van der Waals surface area contributed by atoms with Gasteiger partial charge >= 0.3 is 0 Å². The van der Waals surface area contributed by atoms with Crippen LogP contribution in [-0.2, 0) is 11.2 Å². The number of nitrogens with two attached hydrogens (primary N) is 1. The molecule has 0 bridgehead atoms. The van der Waals surface area contributed by atoms with Gasteiger partial charge in [0.25, 0.3) is 0 Å². The zero-order valence-corrected chi connectivity index (χ0v) is 8.56. The summed E-state index contributed by atoms with van der Waals surface area (Å²) in [6.45, 7) is 0. The van der Waals surface area contributed by atoms with Crippen molar-refractivity contribution in [2.45, 2.75) is 24.2 Å².